The average Bonchev–Trinajstić information content (AvgIpc) is 3.44. The molecule has 5 rings (SSSR count). The van der Waals surface area contributed by atoms with Crippen LogP contribution in [0.15, 0.2) is 47.8 Å². The number of nitrogens with one attached hydrogen (secondary N) is 1. The first-order valence-electron chi connectivity index (χ1n) is 11.0. The summed E-state index contributed by atoms with van der Waals surface area (Å²) in [5.74, 6) is 0.0824. The van der Waals surface area contributed by atoms with Crippen molar-refractivity contribution in [3.8, 4) is 11.1 Å². The van der Waals surface area contributed by atoms with E-state index in [1.165, 1.54) is 31.1 Å². The van der Waals surface area contributed by atoms with Crippen LogP contribution >= 0.6 is 23.5 Å². The van der Waals surface area contributed by atoms with Gasteiger partial charge in [0, 0.05) is 27.7 Å². The number of anilines is 2. The summed E-state index contributed by atoms with van der Waals surface area (Å²) < 4.78 is 20.5. The highest BCUT2D eigenvalue weighted by Gasteiger charge is 2.23. The van der Waals surface area contributed by atoms with Gasteiger partial charge in [-0.25, -0.2) is 14.4 Å². The lowest BCUT2D eigenvalue weighted by Crippen LogP contribution is -2.04. The molecule has 4 aromatic rings. The van der Waals surface area contributed by atoms with Gasteiger partial charge in [0.1, 0.15) is 23.6 Å². The maximum Gasteiger partial charge on any atom is 0.147 e. The minimum Gasteiger partial charge on any atom is -0.383 e. The summed E-state index contributed by atoms with van der Waals surface area (Å²) in [5.41, 5.74) is 11.1. The number of aryl methyl sites for hydroxylation is 2. The molecule has 170 valence electrons. The molecule has 8 heteroatoms. The molecule has 0 amide bonds. The molecule has 0 unspecified atom stereocenters. The number of nitrogen functional groups attached to an aromatic ring is 1. The fraction of sp³-hybridized carbons (Fsp3) is 0.280. The summed E-state index contributed by atoms with van der Waals surface area (Å²) in [4.78, 5) is 9.71. The van der Waals surface area contributed by atoms with Gasteiger partial charge in [0.05, 0.1) is 11.1 Å². The minimum absolute atomic E-state index is 0.333. The lowest BCUT2D eigenvalue weighted by atomic mass is 10.1. The highest BCUT2D eigenvalue weighted by Crippen LogP contribution is 2.39. The van der Waals surface area contributed by atoms with E-state index in [2.05, 4.69) is 25.5 Å². The van der Waals surface area contributed by atoms with Gasteiger partial charge in [0.15, 0.2) is 0 Å². The van der Waals surface area contributed by atoms with Crippen LogP contribution < -0.4 is 10.5 Å². The average molecular weight is 482 g/mol. The Morgan fingerprint density at radius 1 is 1.12 bits per heavy atom. The van der Waals surface area contributed by atoms with Crippen molar-refractivity contribution in [1.82, 2.24) is 14.5 Å². The van der Waals surface area contributed by atoms with Crippen molar-refractivity contribution >= 4 is 46.1 Å². The van der Waals surface area contributed by atoms with E-state index >= 15 is 4.39 Å². The molecule has 0 aliphatic heterocycles. The smallest absolute Gasteiger partial charge is 0.147 e. The second-order valence-corrected chi connectivity index (χ2v) is 9.87. The molecular formula is C25H25ClFN5S. The molecule has 3 N–H and O–H groups in total. The van der Waals surface area contributed by atoms with Crippen LogP contribution in [-0.4, -0.2) is 14.5 Å². The largest absolute Gasteiger partial charge is 0.383 e. The molecule has 2 aromatic carbocycles. The molecular weight excluding hydrogens is 457 g/mol. The summed E-state index contributed by atoms with van der Waals surface area (Å²) in [5, 5.41) is 1.51. The Balaban J connectivity index is 1.47. The molecule has 0 bridgehead atoms. The Hall–Kier alpha value is -2.77. The molecule has 0 radical (unpaired) electrons. The lowest BCUT2D eigenvalue weighted by molar-refractivity contribution is 0.532. The summed E-state index contributed by atoms with van der Waals surface area (Å²) >= 11 is 7.56. The molecule has 5 nitrogen and oxygen atoms in total. The Morgan fingerprint density at radius 2 is 1.91 bits per heavy atom. The van der Waals surface area contributed by atoms with Crippen LogP contribution in [0.25, 0.3) is 22.2 Å². The van der Waals surface area contributed by atoms with E-state index in [9.17, 15) is 0 Å². The lowest BCUT2D eigenvalue weighted by Gasteiger charge is -2.12. The van der Waals surface area contributed by atoms with Crippen LogP contribution in [0.3, 0.4) is 0 Å². The molecule has 2 heterocycles. The van der Waals surface area contributed by atoms with Gasteiger partial charge in [0.25, 0.3) is 0 Å². The van der Waals surface area contributed by atoms with Gasteiger partial charge in [-0.2, -0.15) is 0 Å². The van der Waals surface area contributed by atoms with Gasteiger partial charge < -0.3 is 15.0 Å². The highest BCUT2D eigenvalue weighted by molar-refractivity contribution is 8.00. The van der Waals surface area contributed by atoms with Crippen molar-refractivity contribution in [1.29, 1.82) is 0 Å². The Morgan fingerprint density at radius 3 is 2.67 bits per heavy atom. The van der Waals surface area contributed by atoms with Gasteiger partial charge in [-0.1, -0.05) is 30.5 Å². The molecule has 33 heavy (non-hydrogen) atoms. The first kappa shape index (κ1) is 22.0. The van der Waals surface area contributed by atoms with Crippen LogP contribution in [0.1, 0.15) is 42.9 Å². The standard InChI is InChI=1S/C25H25ClFN5S/c1-14-10-22(15(2)9-19(14)26)33-31-21-8-7-16(11-20(21)27)18-12-32(17-5-3-4-6-17)25-23(18)24(28)29-13-30-25/h7-13,17,31H,3-6H2,1-2H3,(H2,28,29,30). The summed E-state index contributed by atoms with van der Waals surface area (Å²) in [6, 6.07) is 9.53. The van der Waals surface area contributed by atoms with Crippen molar-refractivity contribution in [2.45, 2.75) is 50.5 Å². The summed E-state index contributed by atoms with van der Waals surface area (Å²) in [6.45, 7) is 3.94. The van der Waals surface area contributed by atoms with Crippen molar-refractivity contribution in [3.63, 3.8) is 0 Å². The van der Waals surface area contributed by atoms with Gasteiger partial charge >= 0.3 is 0 Å². The van der Waals surface area contributed by atoms with Gasteiger partial charge in [0.2, 0.25) is 0 Å². The van der Waals surface area contributed by atoms with Crippen LogP contribution in [0.2, 0.25) is 5.02 Å². The van der Waals surface area contributed by atoms with Crippen molar-refractivity contribution in [3.05, 3.63) is 64.8 Å². The minimum atomic E-state index is -0.333. The topological polar surface area (TPSA) is 68.8 Å². The number of hydrogen-bond acceptors (Lipinski definition) is 5. The number of halogens is 2. The number of aromatic nitrogens is 3. The van der Waals surface area contributed by atoms with Crippen LogP contribution in [0.5, 0.6) is 0 Å². The van der Waals surface area contributed by atoms with Crippen molar-refractivity contribution in [2.75, 3.05) is 10.5 Å². The molecule has 1 aliphatic rings. The Labute approximate surface area is 201 Å². The third-order valence-corrected chi connectivity index (χ3v) is 7.75. The molecule has 0 spiro atoms. The first-order valence-corrected chi connectivity index (χ1v) is 12.2. The fourth-order valence-electron chi connectivity index (χ4n) is 4.53. The zero-order chi connectivity index (χ0) is 23.1. The predicted molar refractivity (Wildman–Crippen MR) is 135 cm³/mol. The normalized spacial score (nSPS) is 14.3. The number of benzene rings is 2. The van der Waals surface area contributed by atoms with Crippen molar-refractivity contribution in [2.24, 2.45) is 0 Å². The van der Waals surface area contributed by atoms with Crippen LogP contribution in [0.4, 0.5) is 15.9 Å². The number of hydrogen-bond donors (Lipinski definition) is 2. The van der Waals surface area contributed by atoms with Gasteiger partial charge in [-0.15, -0.1) is 0 Å². The molecule has 1 saturated carbocycles. The van der Waals surface area contributed by atoms with Gasteiger partial charge in [-0.3, -0.25) is 0 Å². The number of nitrogens with two attached hydrogens (primary N) is 1. The predicted octanol–water partition coefficient (Wildman–Crippen LogP) is 7.32. The number of fused-ring (bicyclic) bond motifs is 1. The molecule has 2 aromatic heterocycles. The first-order chi connectivity index (χ1) is 15.9. The van der Waals surface area contributed by atoms with E-state index in [4.69, 9.17) is 17.3 Å². The highest BCUT2D eigenvalue weighted by atomic mass is 35.5. The third kappa shape index (κ3) is 4.15. The molecule has 0 saturated heterocycles. The third-order valence-electron chi connectivity index (χ3n) is 6.36. The fourth-order valence-corrected chi connectivity index (χ4v) is 5.59. The van der Waals surface area contributed by atoms with Crippen molar-refractivity contribution < 1.29 is 4.39 Å². The molecule has 0 atom stereocenters. The van der Waals surface area contributed by atoms with Crippen LogP contribution in [0, 0.1) is 19.7 Å². The molecule has 1 fully saturated rings. The number of nitrogens with zero attached hydrogens (tertiary/aromatic N) is 3. The summed E-state index contributed by atoms with van der Waals surface area (Å²) in [6.07, 6.45) is 8.20. The van der Waals surface area contributed by atoms with E-state index in [-0.39, 0.29) is 5.82 Å². The van der Waals surface area contributed by atoms with E-state index < -0.39 is 0 Å². The quantitative estimate of drug-likeness (QED) is 0.292. The number of rotatable bonds is 5. The van der Waals surface area contributed by atoms with E-state index in [0.717, 1.165) is 56.0 Å². The van der Waals surface area contributed by atoms with Gasteiger partial charge in [-0.05, 0) is 79.6 Å². The Bertz CT molecular complexity index is 1350. The SMILES string of the molecule is Cc1cc(SNc2ccc(-c3cn(C4CCCC4)c4ncnc(N)c34)cc2F)c(C)cc1Cl. The second-order valence-electron chi connectivity index (χ2n) is 8.61. The van der Waals surface area contributed by atoms with E-state index in [1.54, 1.807) is 12.1 Å². The van der Waals surface area contributed by atoms with E-state index in [1.807, 2.05) is 32.0 Å². The zero-order valence-electron chi connectivity index (χ0n) is 18.5. The summed E-state index contributed by atoms with van der Waals surface area (Å²) in [7, 11) is 0. The maximum absolute atomic E-state index is 15.1. The van der Waals surface area contributed by atoms with Crippen LogP contribution in [-0.2, 0) is 0 Å². The Kier molecular flexibility index (Phi) is 5.93. The zero-order valence-corrected chi connectivity index (χ0v) is 20.1. The maximum atomic E-state index is 15.1. The molecule has 1 aliphatic carbocycles. The second kappa shape index (κ2) is 8.88. The van der Waals surface area contributed by atoms with E-state index in [0.29, 0.717) is 17.5 Å². The monoisotopic (exact) mass is 481 g/mol.